The Morgan fingerprint density at radius 3 is 2.36 bits per heavy atom. The van der Waals surface area contributed by atoms with Crippen LogP contribution in [0.5, 0.6) is 0 Å². The molecule has 1 N–H and O–H groups in total. The minimum Gasteiger partial charge on any atom is -0.329 e. The van der Waals surface area contributed by atoms with Crippen LogP contribution in [0.25, 0.3) is 16.8 Å². The summed E-state index contributed by atoms with van der Waals surface area (Å²) >= 11 is 0. The summed E-state index contributed by atoms with van der Waals surface area (Å²) in [6, 6.07) is 23.0. The molecular weight excluding hydrogens is 494 g/mol. The number of carbonyl (C=O) groups is 2. The van der Waals surface area contributed by atoms with E-state index in [-0.39, 0.29) is 23.7 Å². The lowest BCUT2D eigenvalue weighted by molar-refractivity contribution is -0.384. The van der Waals surface area contributed by atoms with E-state index in [9.17, 15) is 19.7 Å². The van der Waals surface area contributed by atoms with Crippen LogP contribution in [0.3, 0.4) is 0 Å². The third-order valence-electron chi connectivity index (χ3n) is 6.24. The van der Waals surface area contributed by atoms with Crippen LogP contribution in [0.4, 0.5) is 11.5 Å². The molecule has 4 rings (SSSR count). The molecule has 0 aliphatic rings. The van der Waals surface area contributed by atoms with Crippen LogP contribution >= 0.6 is 0 Å². The number of amides is 2. The SMILES string of the molecule is Cc1ccccc1-n1nc(C)c(-c2ccccc2)c1NC(=O)CN(CC(C)C)C(=O)c1cccc([N+](=O)[O-])c1. The molecule has 9 nitrogen and oxygen atoms in total. The average molecular weight is 526 g/mol. The second-order valence-electron chi connectivity index (χ2n) is 9.81. The minimum atomic E-state index is -0.545. The number of aryl methyl sites for hydroxylation is 2. The zero-order valence-electron chi connectivity index (χ0n) is 22.4. The lowest BCUT2D eigenvalue weighted by Gasteiger charge is -2.24. The molecule has 3 aromatic carbocycles. The maximum Gasteiger partial charge on any atom is 0.270 e. The third kappa shape index (κ3) is 6.20. The van der Waals surface area contributed by atoms with E-state index in [0.717, 1.165) is 28.1 Å². The predicted octanol–water partition coefficient (Wildman–Crippen LogP) is 5.80. The lowest BCUT2D eigenvalue weighted by atomic mass is 10.1. The van der Waals surface area contributed by atoms with E-state index in [2.05, 4.69) is 5.32 Å². The molecule has 1 aromatic heterocycles. The summed E-state index contributed by atoms with van der Waals surface area (Å²) < 4.78 is 1.72. The molecule has 0 saturated heterocycles. The average Bonchev–Trinajstić information content (AvgIpc) is 3.23. The first-order valence-electron chi connectivity index (χ1n) is 12.7. The highest BCUT2D eigenvalue weighted by Crippen LogP contribution is 2.34. The lowest BCUT2D eigenvalue weighted by Crippen LogP contribution is -2.40. The van der Waals surface area contributed by atoms with Crippen LogP contribution in [0, 0.1) is 29.9 Å². The van der Waals surface area contributed by atoms with Gasteiger partial charge in [0.2, 0.25) is 5.91 Å². The van der Waals surface area contributed by atoms with Gasteiger partial charge >= 0.3 is 0 Å². The maximum absolute atomic E-state index is 13.5. The van der Waals surface area contributed by atoms with E-state index in [1.807, 2.05) is 82.3 Å². The number of para-hydroxylation sites is 1. The van der Waals surface area contributed by atoms with Crippen molar-refractivity contribution in [1.82, 2.24) is 14.7 Å². The van der Waals surface area contributed by atoms with E-state index in [0.29, 0.717) is 12.4 Å². The molecule has 0 spiro atoms. The molecule has 200 valence electrons. The number of anilines is 1. The van der Waals surface area contributed by atoms with Crippen LogP contribution in [0.2, 0.25) is 0 Å². The fourth-order valence-corrected chi connectivity index (χ4v) is 4.51. The Balaban J connectivity index is 1.70. The summed E-state index contributed by atoms with van der Waals surface area (Å²) in [6.07, 6.45) is 0. The van der Waals surface area contributed by atoms with Crippen molar-refractivity contribution in [2.24, 2.45) is 5.92 Å². The maximum atomic E-state index is 13.5. The van der Waals surface area contributed by atoms with Crippen LogP contribution in [0.1, 0.15) is 35.5 Å². The Morgan fingerprint density at radius 2 is 1.69 bits per heavy atom. The molecule has 1 heterocycles. The first kappa shape index (κ1) is 27.3. The largest absolute Gasteiger partial charge is 0.329 e. The van der Waals surface area contributed by atoms with Crippen molar-refractivity contribution >= 4 is 23.3 Å². The van der Waals surface area contributed by atoms with Gasteiger partial charge in [0, 0.05) is 29.8 Å². The standard InChI is InChI=1S/C30H31N5O4/c1-20(2)18-33(30(37)24-14-10-15-25(17-24)35(38)39)19-27(36)31-29-28(23-12-6-5-7-13-23)22(4)32-34(29)26-16-9-8-11-21(26)3/h5-17,20H,18-19H2,1-4H3,(H,31,36). The molecule has 0 unspecified atom stereocenters. The molecule has 4 aromatic rings. The molecule has 0 atom stereocenters. The fraction of sp³-hybridized carbons (Fsp3) is 0.233. The molecule has 0 saturated carbocycles. The summed E-state index contributed by atoms with van der Waals surface area (Å²) in [5.74, 6) is -0.277. The van der Waals surface area contributed by atoms with Crippen molar-refractivity contribution in [2.45, 2.75) is 27.7 Å². The molecule has 0 bridgehead atoms. The number of non-ortho nitro benzene ring substituents is 1. The van der Waals surface area contributed by atoms with Crippen molar-refractivity contribution in [2.75, 3.05) is 18.4 Å². The van der Waals surface area contributed by atoms with E-state index in [1.54, 1.807) is 4.68 Å². The van der Waals surface area contributed by atoms with Gasteiger partial charge in [-0.25, -0.2) is 4.68 Å². The monoisotopic (exact) mass is 525 g/mol. The number of aromatic nitrogens is 2. The summed E-state index contributed by atoms with van der Waals surface area (Å²) in [4.78, 5) is 39.0. The molecule has 0 aliphatic heterocycles. The van der Waals surface area contributed by atoms with Gasteiger partial charge in [-0.15, -0.1) is 0 Å². The van der Waals surface area contributed by atoms with E-state index in [4.69, 9.17) is 5.10 Å². The van der Waals surface area contributed by atoms with Gasteiger partial charge in [0.1, 0.15) is 12.4 Å². The van der Waals surface area contributed by atoms with Crippen molar-refractivity contribution < 1.29 is 14.5 Å². The Kier molecular flexibility index (Phi) is 8.19. The topological polar surface area (TPSA) is 110 Å². The van der Waals surface area contributed by atoms with Crippen molar-refractivity contribution in [3.05, 3.63) is 106 Å². The van der Waals surface area contributed by atoms with Crippen molar-refractivity contribution in [3.63, 3.8) is 0 Å². The van der Waals surface area contributed by atoms with Crippen LogP contribution in [-0.4, -0.2) is 44.5 Å². The zero-order valence-corrected chi connectivity index (χ0v) is 22.4. The van der Waals surface area contributed by atoms with Gasteiger partial charge in [-0.3, -0.25) is 19.7 Å². The van der Waals surface area contributed by atoms with Gasteiger partial charge < -0.3 is 10.2 Å². The molecule has 9 heteroatoms. The molecule has 39 heavy (non-hydrogen) atoms. The quantitative estimate of drug-likeness (QED) is 0.219. The molecule has 0 aliphatic carbocycles. The Morgan fingerprint density at radius 1 is 1.00 bits per heavy atom. The number of hydrogen-bond donors (Lipinski definition) is 1. The fourth-order valence-electron chi connectivity index (χ4n) is 4.51. The van der Waals surface area contributed by atoms with Gasteiger partial charge in [0.15, 0.2) is 0 Å². The van der Waals surface area contributed by atoms with Gasteiger partial charge in [-0.1, -0.05) is 68.4 Å². The van der Waals surface area contributed by atoms with E-state index < -0.39 is 16.7 Å². The van der Waals surface area contributed by atoms with Crippen LogP contribution in [-0.2, 0) is 4.79 Å². The van der Waals surface area contributed by atoms with Crippen molar-refractivity contribution in [1.29, 1.82) is 0 Å². The first-order chi connectivity index (χ1) is 18.7. The van der Waals surface area contributed by atoms with E-state index in [1.165, 1.54) is 29.2 Å². The zero-order chi connectivity index (χ0) is 28.1. The normalized spacial score (nSPS) is 10.9. The van der Waals surface area contributed by atoms with Crippen LogP contribution < -0.4 is 5.32 Å². The summed E-state index contributed by atoms with van der Waals surface area (Å²) in [6.45, 7) is 7.82. The summed E-state index contributed by atoms with van der Waals surface area (Å²) in [5.41, 5.74) is 4.21. The number of hydrogen-bond acceptors (Lipinski definition) is 5. The highest BCUT2D eigenvalue weighted by atomic mass is 16.6. The number of nitrogens with one attached hydrogen (secondary N) is 1. The second kappa shape index (κ2) is 11.7. The third-order valence-corrected chi connectivity index (χ3v) is 6.24. The Labute approximate surface area is 227 Å². The smallest absolute Gasteiger partial charge is 0.270 e. The Bertz CT molecular complexity index is 1510. The summed E-state index contributed by atoms with van der Waals surface area (Å²) in [7, 11) is 0. The number of nitrogens with zero attached hydrogens (tertiary/aromatic N) is 4. The molecular formula is C30H31N5O4. The van der Waals surface area contributed by atoms with Gasteiger partial charge in [0.25, 0.3) is 11.6 Å². The minimum absolute atomic E-state index is 0.0695. The first-order valence-corrected chi connectivity index (χ1v) is 12.7. The molecule has 0 fully saturated rings. The predicted molar refractivity (Wildman–Crippen MR) is 151 cm³/mol. The van der Waals surface area contributed by atoms with Gasteiger partial charge in [-0.05, 0) is 43.0 Å². The number of carbonyl (C=O) groups excluding carboxylic acids is 2. The second-order valence-corrected chi connectivity index (χ2v) is 9.81. The number of nitro groups is 1. The van der Waals surface area contributed by atoms with Gasteiger partial charge in [0.05, 0.1) is 16.3 Å². The summed E-state index contributed by atoms with van der Waals surface area (Å²) in [5, 5.41) is 19.0. The van der Waals surface area contributed by atoms with Crippen LogP contribution in [0.15, 0.2) is 78.9 Å². The Hall–Kier alpha value is -4.79. The number of rotatable bonds is 9. The van der Waals surface area contributed by atoms with Crippen molar-refractivity contribution in [3.8, 4) is 16.8 Å². The number of nitro benzene ring substituents is 1. The molecule has 0 radical (unpaired) electrons. The highest BCUT2D eigenvalue weighted by Gasteiger charge is 2.25. The van der Waals surface area contributed by atoms with E-state index >= 15 is 0 Å². The molecule has 2 amide bonds. The van der Waals surface area contributed by atoms with Gasteiger partial charge in [-0.2, -0.15) is 5.10 Å². The highest BCUT2D eigenvalue weighted by molar-refractivity contribution is 6.01. The number of benzene rings is 3.